The molecule has 0 bridgehead atoms. The highest BCUT2D eigenvalue weighted by Crippen LogP contribution is 2.49. The van der Waals surface area contributed by atoms with Gasteiger partial charge in [0.2, 0.25) is 0 Å². The van der Waals surface area contributed by atoms with E-state index in [-0.39, 0.29) is 23.4 Å². The minimum atomic E-state index is -0.506. The number of hydrogen-bond donors (Lipinski definition) is 0. The Bertz CT molecular complexity index is 868. The third-order valence-electron chi connectivity index (χ3n) is 8.62. The third kappa shape index (κ3) is 6.31. The Labute approximate surface area is 204 Å². The number of benzene rings is 1. The van der Waals surface area contributed by atoms with Crippen LogP contribution in [0.25, 0.3) is 0 Å². The van der Waals surface area contributed by atoms with E-state index < -0.39 is 5.82 Å². The molecule has 0 spiro atoms. The zero-order valence-corrected chi connectivity index (χ0v) is 20.9. The zero-order chi connectivity index (χ0) is 23.9. The van der Waals surface area contributed by atoms with E-state index in [0.717, 1.165) is 55.3 Å². The van der Waals surface area contributed by atoms with Crippen LogP contribution in [0, 0.1) is 41.3 Å². The summed E-state index contributed by atoms with van der Waals surface area (Å²) in [6, 6.07) is 4.39. The second-order valence-electron chi connectivity index (χ2n) is 10.7. The summed E-state index contributed by atoms with van der Waals surface area (Å²) >= 11 is 0. The van der Waals surface area contributed by atoms with Crippen molar-refractivity contribution in [1.29, 1.82) is 0 Å². The van der Waals surface area contributed by atoms with Gasteiger partial charge in [-0.25, -0.2) is 4.39 Å². The molecule has 0 radical (unpaired) electrons. The lowest BCUT2D eigenvalue weighted by Gasteiger charge is -2.45. The molecule has 4 rings (SSSR count). The highest BCUT2D eigenvalue weighted by Gasteiger charge is 2.39. The molecular weight excluding hydrogens is 427 g/mol. The van der Waals surface area contributed by atoms with E-state index in [9.17, 15) is 9.18 Å². The Kier molecular flexibility index (Phi) is 8.86. The molecule has 0 N–H and O–H groups in total. The summed E-state index contributed by atoms with van der Waals surface area (Å²) in [5, 5.41) is 0. The molecule has 3 saturated carbocycles. The van der Waals surface area contributed by atoms with Crippen LogP contribution in [-0.4, -0.2) is 12.6 Å². The van der Waals surface area contributed by atoms with Gasteiger partial charge < -0.3 is 9.47 Å². The first-order valence-corrected chi connectivity index (χ1v) is 13.4. The van der Waals surface area contributed by atoms with Crippen molar-refractivity contribution in [2.24, 2.45) is 35.5 Å². The third-order valence-corrected chi connectivity index (χ3v) is 8.62. The van der Waals surface area contributed by atoms with Crippen LogP contribution in [0.2, 0.25) is 0 Å². The topological polar surface area (TPSA) is 35.5 Å². The minimum Gasteiger partial charge on any atom is -0.486 e. The van der Waals surface area contributed by atoms with Crippen molar-refractivity contribution in [2.75, 3.05) is 6.61 Å². The number of esters is 1. The fraction of sp³-hybridized carbons (Fsp3) is 0.633. The summed E-state index contributed by atoms with van der Waals surface area (Å²) in [4.78, 5) is 12.7. The molecule has 4 heteroatoms. The molecule has 0 heterocycles. The summed E-state index contributed by atoms with van der Waals surface area (Å²) in [6.45, 7) is 4.35. The maximum Gasteiger partial charge on any atom is 0.314 e. The Morgan fingerprint density at radius 3 is 2.29 bits per heavy atom. The van der Waals surface area contributed by atoms with E-state index in [4.69, 9.17) is 9.47 Å². The fourth-order valence-electron chi connectivity index (χ4n) is 6.76. The van der Waals surface area contributed by atoms with Crippen molar-refractivity contribution < 1.29 is 18.7 Å². The molecule has 0 amide bonds. The Morgan fingerprint density at radius 2 is 1.59 bits per heavy atom. The van der Waals surface area contributed by atoms with Crippen LogP contribution in [0.4, 0.5) is 4.39 Å². The number of rotatable bonds is 7. The van der Waals surface area contributed by atoms with Gasteiger partial charge in [-0.2, -0.15) is 0 Å². The molecule has 34 heavy (non-hydrogen) atoms. The molecule has 0 aromatic heterocycles. The van der Waals surface area contributed by atoms with Gasteiger partial charge >= 0.3 is 5.97 Å². The Balaban J connectivity index is 1.22. The molecule has 3 aliphatic carbocycles. The van der Waals surface area contributed by atoms with E-state index in [1.54, 1.807) is 6.07 Å². The van der Waals surface area contributed by atoms with E-state index in [2.05, 4.69) is 19.1 Å². The fourth-order valence-corrected chi connectivity index (χ4v) is 6.76. The summed E-state index contributed by atoms with van der Waals surface area (Å²) in [5.41, 5.74) is 0. The van der Waals surface area contributed by atoms with Crippen LogP contribution in [0.3, 0.4) is 0 Å². The van der Waals surface area contributed by atoms with Gasteiger partial charge in [0.25, 0.3) is 0 Å². The molecule has 186 valence electrons. The molecule has 1 aromatic rings. The molecule has 1 aromatic carbocycles. The van der Waals surface area contributed by atoms with Crippen LogP contribution in [0.5, 0.6) is 11.5 Å². The SMILES string of the molecule is C/C=C/COc1ccc(OC(=O)C2CCC(C3CCC4CC(/C=C/C)CCC4C3)CC2)cc1F. The number of hydrogen-bond acceptors (Lipinski definition) is 3. The van der Waals surface area contributed by atoms with Crippen LogP contribution >= 0.6 is 0 Å². The first-order valence-electron chi connectivity index (χ1n) is 13.4. The van der Waals surface area contributed by atoms with E-state index in [1.807, 2.05) is 19.1 Å². The van der Waals surface area contributed by atoms with Gasteiger partial charge in [0.05, 0.1) is 5.92 Å². The van der Waals surface area contributed by atoms with Gasteiger partial charge in [0.1, 0.15) is 12.4 Å². The van der Waals surface area contributed by atoms with Crippen LogP contribution in [0.1, 0.15) is 78.1 Å². The maximum atomic E-state index is 14.3. The molecule has 4 unspecified atom stereocenters. The van der Waals surface area contributed by atoms with Crippen molar-refractivity contribution >= 4 is 5.97 Å². The second-order valence-corrected chi connectivity index (χ2v) is 10.7. The van der Waals surface area contributed by atoms with Crippen molar-refractivity contribution in [2.45, 2.75) is 78.1 Å². The lowest BCUT2D eigenvalue weighted by molar-refractivity contribution is -0.140. The van der Waals surface area contributed by atoms with Crippen LogP contribution in [0.15, 0.2) is 42.5 Å². The van der Waals surface area contributed by atoms with Gasteiger partial charge in [-0.15, -0.1) is 0 Å². The van der Waals surface area contributed by atoms with Gasteiger partial charge in [0.15, 0.2) is 11.6 Å². The monoisotopic (exact) mass is 468 g/mol. The summed E-state index contributed by atoms with van der Waals surface area (Å²) < 4.78 is 25.2. The smallest absolute Gasteiger partial charge is 0.314 e. The van der Waals surface area contributed by atoms with Crippen molar-refractivity contribution in [1.82, 2.24) is 0 Å². The quantitative estimate of drug-likeness (QED) is 0.232. The Morgan fingerprint density at radius 1 is 0.912 bits per heavy atom. The molecule has 0 aliphatic heterocycles. The number of carbonyl (C=O) groups is 1. The van der Waals surface area contributed by atoms with Crippen LogP contribution < -0.4 is 9.47 Å². The van der Waals surface area contributed by atoms with Gasteiger partial charge in [-0.1, -0.05) is 24.3 Å². The van der Waals surface area contributed by atoms with E-state index in [0.29, 0.717) is 6.61 Å². The number of fused-ring (bicyclic) bond motifs is 1. The van der Waals surface area contributed by atoms with Crippen LogP contribution in [-0.2, 0) is 4.79 Å². The van der Waals surface area contributed by atoms with Gasteiger partial charge in [0, 0.05) is 6.07 Å². The predicted octanol–water partition coefficient (Wildman–Crippen LogP) is 7.90. The minimum absolute atomic E-state index is 0.0717. The Hall–Kier alpha value is -2.10. The van der Waals surface area contributed by atoms with Gasteiger partial charge in [-0.3, -0.25) is 4.79 Å². The summed E-state index contributed by atoms with van der Waals surface area (Å²) in [5.74, 6) is 3.88. The van der Waals surface area contributed by atoms with Crippen molar-refractivity contribution in [3.05, 3.63) is 48.3 Å². The lowest BCUT2D eigenvalue weighted by Crippen LogP contribution is -2.35. The maximum absolute atomic E-state index is 14.3. The molecule has 0 saturated heterocycles. The lowest BCUT2D eigenvalue weighted by atomic mass is 9.61. The number of allylic oxidation sites excluding steroid dienone is 3. The molecule has 3 fully saturated rings. The zero-order valence-electron chi connectivity index (χ0n) is 20.9. The largest absolute Gasteiger partial charge is 0.486 e. The molecule has 3 aliphatic rings. The predicted molar refractivity (Wildman–Crippen MR) is 134 cm³/mol. The van der Waals surface area contributed by atoms with Gasteiger partial charge in [-0.05, 0) is 120 Å². The van der Waals surface area contributed by atoms with Crippen molar-refractivity contribution in [3.63, 3.8) is 0 Å². The highest BCUT2D eigenvalue weighted by molar-refractivity contribution is 5.75. The second kappa shape index (κ2) is 12.0. The number of ether oxygens (including phenoxy) is 2. The highest BCUT2D eigenvalue weighted by atomic mass is 19.1. The first-order chi connectivity index (χ1) is 16.6. The summed E-state index contributed by atoms with van der Waals surface area (Å²) in [6.07, 6.45) is 20.6. The molecular formula is C30H41FO3. The number of carbonyl (C=O) groups excluding carboxylic acids is 1. The average molecular weight is 469 g/mol. The summed E-state index contributed by atoms with van der Waals surface area (Å²) in [7, 11) is 0. The standard InChI is InChI=1S/C30H41FO3/c1-3-5-17-33-29-16-15-27(20-28(29)31)34-30(32)23-11-9-22(10-12-23)25-14-13-24-18-21(6-4-2)7-8-26(24)19-25/h3-6,15-16,20-26H,7-14,17-19H2,1-2H3/b5-3+,6-4+. The van der Waals surface area contributed by atoms with E-state index >= 15 is 0 Å². The molecule has 4 atom stereocenters. The van der Waals surface area contributed by atoms with E-state index in [1.165, 1.54) is 50.7 Å². The average Bonchev–Trinajstić information content (AvgIpc) is 2.85. The normalized spacial score (nSPS) is 32.0. The first kappa shape index (κ1) is 25.0. The molecule has 3 nitrogen and oxygen atoms in total. The number of halogens is 1. The van der Waals surface area contributed by atoms with Crippen molar-refractivity contribution in [3.8, 4) is 11.5 Å².